The standard InChI is InChI=1S/C24H22N2O2/c1-16-5-8-22-23(11-16)28-24(27)26(22)15-17-3-2-4-19(12-17)20-7-6-18-9-10-25-14-21(18)13-20/h2-8,11-13,25H,9-10,14-15H2,1H3. The summed E-state index contributed by atoms with van der Waals surface area (Å²) in [5, 5.41) is 3.44. The van der Waals surface area contributed by atoms with Crippen molar-refractivity contribution in [3.05, 3.63) is 93.5 Å². The molecule has 2 heterocycles. The number of nitrogens with zero attached hydrogens (tertiary/aromatic N) is 1. The van der Waals surface area contributed by atoms with Crippen LogP contribution in [-0.2, 0) is 19.5 Å². The number of hydrogen-bond donors (Lipinski definition) is 1. The predicted octanol–water partition coefficient (Wildman–Crippen LogP) is 4.26. The Hall–Kier alpha value is -3.11. The first kappa shape index (κ1) is 17.0. The van der Waals surface area contributed by atoms with Crippen molar-refractivity contribution in [3.63, 3.8) is 0 Å². The van der Waals surface area contributed by atoms with Gasteiger partial charge < -0.3 is 9.73 Å². The molecule has 0 bridgehead atoms. The van der Waals surface area contributed by atoms with E-state index >= 15 is 0 Å². The summed E-state index contributed by atoms with van der Waals surface area (Å²) in [6, 6.07) is 21.0. The normalized spacial score (nSPS) is 13.6. The summed E-state index contributed by atoms with van der Waals surface area (Å²) < 4.78 is 7.13. The summed E-state index contributed by atoms with van der Waals surface area (Å²) in [5.74, 6) is -0.314. The van der Waals surface area contributed by atoms with Crippen LogP contribution in [0, 0.1) is 6.92 Å². The van der Waals surface area contributed by atoms with Gasteiger partial charge >= 0.3 is 5.76 Å². The number of aryl methyl sites for hydroxylation is 1. The lowest BCUT2D eigenvalue weighted by atomic mass is 9.95. The molecule has 1 aromatic heterocycles. The molecule has 0 amide bonds. The summed E-state index contributed by atoms with van der Waals surface area (Å²) in [7, 11) is 0. The van der Waals surface area contributed by atoms with Crippen molar-refractivity contribution in [2.45, 2.75) is 26.4 Å². The van der Waals surface area contributed by atoms with E-state index in [2.05, 4.69) is 47.8 Å². The molecule has 140 valence electrons. The smallest absolute Gasteiger partial charge is 0.408 e. The van der Waals surface area contributed by atoms with Crippen LogP contribution in [-0.4, -0.2) is 11.1 Å². The Morgan fingerprint density at radius 1 is 1.00 bits per heavy atom. The number of hydrogen-bond acceptors (Lipinski definition) is 3. The molecule has 1 aliphatic heterocycles. The highest BCUT2D eigenvalue weighted by Crippen LogP contribution is 2.26. The van der Waals surface area contributed by atoms with Gasteiger partial charge in [0.15, 0.2) is 5.58 Å². The third-order valence-electron chi connectivity index (χ3n) is 5.52. The average molecular weight is 370 g/mol. The SMILES string of the molecule is Cc1ccc2c(c1)oc(=O)n2Cc1cccc(-c2ccc3c(c2)CNCC3)c1. The molecular formula is C24H22N2O2. The number of oxazole rings is 1. The summed E-state index contributed by atoms with van der Waals surface area (Å²) >= 11 is 0. The molecule has 5 rings (SSSR count). The monoisotopic (exact) mass is 370 g/mol. The molecule has 1 aliphatic rings. The van der Waals surface area contributed by atoms with E-state index in [1.165, 1.54) is 22.3 Å². The lowest BCUT2D eigenvalue weighted by Gasteiger charge is -2.18. The van der Waals surface area contributed by atoms with Gasteiger partial charge in [0.2, 0.25) is 0 Å². The molecular weight excluding hydrogens is 348 g/mol. The van der Waals surface area contributed by atoms with E-state index in [1.807, 2.05) is 25.1 Å². The van der Waals surface area contributed by atoms with Gasteiger partial charge in [-0.05, 0) is 77.5 Å². The fourth-order valence-corrected chi connectivity index (χ4v) is 4.02. The molecule has 0 atom stereocenters. The number of nitrogens with one attached hydrogen (secondary N) is 1. The molecule has 4 nitrogen and oxygen atoms in total. The fraction of sp³-hybridized carbons (Fsp3) is 0.208. The Labute approximate surface area is 163 Å². The van der Waals surface area contributed by atoms with Crippen LogP contribution in [0.3, 0.4) is 0 Å². The Bertz CT molecular complexity index is 1230. The summed E-state index contributed by atoms with van der Waals surface area (Å²) in [5.41, 5.74) is 8.83. The molecule has 0 spiro atoms. The first-order valence-corrected chi connectivity index (χ1v) is 9.69. The number of fused-ring (bicyclic) bond motifs is 2. The third kappa shape index (κ3) is 3.06. The van der Waals surface area contributed by atoms with E-state index in [9.17, 15) is 4.79 Å². The minimum Gasteiger partial charge on any atom is -0.408 e. The van der Waals surface area contributed by atoms with Crippen molar-refractivity contribution < 1.29 is 4.42 Å². The third-order valence-corrected chi connectivity index (χ3v) is 5.52. The molecule has 1 N–H and O–H groups in total. The first-order chi connectivity index (χ1) is 13.7. The van der Waals surface area contributed by atoms with Gasteiger partial charge in [-0.25, -0.2) is 4.79 Å². The molecule has 28 heavy (non-hydrogen) atoms. The van der Waals surface area contributed by atoms with Gasteiger partial charge in [-0.15, -0.1) is 0 Å². The zero-order valence-electron chi connectivity index (χ0n) is 15.9. The molecule has 3 aromatic carbocycles. The summed E-state index contributed by atoms with van der Waals surface area (Å²) in [6.07, 6.45) is 1.09. The lowest BCUT2D eigenvalue weighted by molar-refractivity contribution is 0.517. The van der Waals surface area contributed by atoms with Gasteiger partial charge in [-0.1, -0.05) is 36.4 Å². The Balaban J connectivity index is 1.50. The van der Waals surface area contributed by atoms with Crippen LogP contribution in [0.15, 0.2) is 69.9 Å². The van der Waals surface area contributed by atoms with Crippen LogP contribution >= 0.6 is 0 Å². The molecule has 0 unspecified atom stereocenters. The zero-order valence-corrected chi connectivity index (χ0v) is 15.9. The van der Waals surface area contributed by atoms with E-state index in [0.717, 1.165) is 36.2 Å². The van der Waals surface area contributed by atoms with Gasteiger partial charge in [-0.3, -0.25) is 4.57 Å². The topological polar surface area (TPSA) is 47.2 Å². The predicted molar refractivity (Wildman–Crippen MR) is 112 cm³/mol. The van der Waals surface area contributed by atoms with E-state index in [4.69, 9.17) is 4.42 Å². The minimum atomic E-state index is -0.314. The summed E-state index contributed by atoms with van der Waals surface area (Å²) in [6.45, 7) is 4.47. The molecule has 0 radical (unpaired) electrons. The van der Waals surface area contributed by atoms with Gasteiger partial charge in [0, 0.05) is 6.54 Å². The molecule has 0 saturated carbocycles. The number of rotatable bonds is 3. The van der Waals surface area contributed by atoms with Crippen molar-refractivity contribution in [1.29, 1.82) is 0 Å². The molecule has 0 fully saturated rings. The van der Waals surface area contributed by atoms with Crippen molar-refractivity contribution in [1.82, 2.24) is 9.88 Å². The molecule has 0 saturated heterocycles. The average Bonchev–Trinajstić information content (AvgIpc) is 3.02. The van der Waals surface area contributed by atoms with Crippen LogP contribution in [0.25, 0.3) is 22.2 Å². The molecule has 0 aliphatic carbocycles. The highest BCUT2D eigenvalue weighted by atomic mass is 16.4. The van der Waals surface area contributed by atoms with Crippen molar-refractivity contribution in [2.24, 2.45) is 0 Å². The van der Waals surface area contributed by atoms with Crippen LogP contribution in [0.4, 0.5) is 0 Å². The van der Waals surface area contributed by atoms with Crippen LogP contribution in [0.1, 0.15) is 22.3 Å². The van der Waals surface area contributed by atoms with Crippen molar-refractivity contribution in [2.75, 3.05) is 6.54 Å². The quantitative estimate of drug-likeness (QED) is 0.586. The van der Waals surface area contributed by atoms with Gasteiger partial charge in [-0.2, -0.15) is 0 Å². The highest BCUT2D eigenvalue weighted by molar-refractivity contribution is 5.74. The Morgan fingerprint density at radius 2 is 1.89 bits per heavy atom. The Kier molecular flexibility index (Phi) is 4.14. The first-order valence-electron chi connectivity index (χ1n) is 9.69. The summed E-state index contributed by atoms with van der Waals surface area (Å²) in [4.78, 5) is 12.4. The zero-order chi connectivity index (χ0) is 19.1. The maximum absolute atomic E-state index is 12.4. The van der Waals surface area contributed by atoms with Gasteiger partial charge in [0.05, 0.1) is 12.1 Å². The largest absolute Gasteiger partial charge is 0.420 e. The second kappa shape index (κ2) is 6.80. The van der Waals surface area contributed by atoms with E-state index in [1.54, 1.807) is 4.57 Å². The fourth-order valence-electron chi connectivity index (χ4n) is 4.02. The Morgan fingerprint density at radius 3 is 2.82 bits per heavy atom. The van der Waals surface area contributed by atoms with Crippen LogP contribution < -0.4 is 11.1 Å². The maximum atomic E-state index is 12.4. The van der Waals surface area contributed by atoms with Crippen molar-refractivity contribution in [3.8, 4) is 11.1 Å². The van der Waals surface area contributed by atoms with E-state index in [0.29, 0.717) is 12.1 Å². The van der Waals surface area contributed by atoms with E-state index in [-0.39, 0.29) is 5.76 Å². The second-order valence-electron chi connectivity index (χ2n) is 7.54. The minimum absolute atomic E-state index is 0.314. The second-order valence-corrected chi connectivity index (χ2v) is 7.54. The maximum Gasteiger partial charge on any atom is 0.420 e. The molecule has 4 heteroatoms. The van der Waals surface area contributed by atoms with E-state index < -0.39 is 0 Å². The molecule has 4 aromatic rings. The van der Waals surface area contributed by atoms with Gasteiger partial charge in [0.25, 0.3) is 0 Å². The van der Waals surface area contributed by atoms with Crippen molar-refractivity contribution >= 4 is 11.1 Å². The van der Waals surface area contributed by atoms with Crippen LogP contribution in [0.2, 0.25) is 0 Å². The number of aromatic nitrogens is 1. The number of benzene rings is 3. The highest BCUT2D eigenvalue weighted by Gasteiger charge is 2.12. The van der Waals surface area contributed by atoms with Crippen LogP contribution in [0.5, 0.6) is 0 Å². The lowest BCUT2D eigenvalue weighted by Crippen LogP contribution is -2.23. The van der Waals surface area contributed by atoms with Gasteiger partial charge in [0.1, 0.15) is 0 Å².